The molecule has 0 unspecified atom stereocenters. The summed E-state index contributed by atoms with van der Waals surface area (Å²) in [5.41, 5.74) is 1.78. The molecule has 0 atom stereocenters. The standard InChI is InChI=1S/C20H25ClN2O4S/c1-5-27-16-7-6-13(10-19(16)26-4)8-9-22-20(28)23-15-12-17(24-2)14(21)11-18(15)25-3/h6-7,10-12H,5,8-9H2,1-4H3,(H2,22,23,28). The third-order valence-corrected chi connectivity index (χ3v) is 4.49. The van der Waals surface area contributed by atoms with Crippen molar-refractivity contribution in [1.82, 2.24) is 5.32 Å². The van der Waals surface area contributed by atoms with Crippen LogP contribution in [0.3, 0.4) is 0 Å². The Morgan fingerprint density at radius 2 is 1.68 bits per heavy atom. The highest BCUT2D eigenvalue weighted by Gasteiger charge is 2.11. The highest BCUT2D eigenvalue weighted by Crippen LogP contribution is 2.35. The van der Waals surface area contributed by atoms with Gasteiger partial charge in [-0.1, -0.05) is 17.7 Å². The average Bonchev–Trinajstić information content (AvgIpc) is 2.70. The Kier molecular flexibility index (Phi) is 8.47. The van der Waals surface area contributed by atoms with Crippen molar-refractivity contribution < 1.29 is 18.9 Å². The van der Waals surface area contributed by atoms with Crippen molar-refractivity contribution >= 4 is 34.6 Å². The van der Waals surface area contributed by atoms with E-state index in [1.807, 2.05) is 25.1 Å². The minimum absolute atomic E-state index is 0.466. The molecule has 2 rings (SSSR count). The number of rotatable bonds is 9. The fraction of sp³-hybridized carbons (Fsp3) is 0.350. The van der Waals surface area contributed by atoms with Crippen LogP contribution in [0.1, 0.15) is 12.5 Å². The van der Waals surface area contributed by atoms with E-state index in [1.165, 1.54) is 0 Å². The predicted molar refractivity (Wildman–Crippen MR) is 117 cm³/mol. The van der Waals surface area contributed by atoms with Gasteiger partial charge in [-0.2, -0.15) is 0 Å². The SMILES string of the molecule is CCOc1ccc(CCNC(=S)Nc2cc(OC)c(Cl)cc2OC)cc1OC. The molecule has 0 heterocycles. The highest BCUT2D eigenvalue weighted by atomic mass is 35.5. The molecule has 0 spiro atoms. The molecule has 0 radical (unpaired) electrons. The Hall–Kier alpha value is -2.38. The number of benzene rings is 2. The maximum atomic E-state index is 6.12. The first-order valence-corrected chi connectivity index (χ1v) is 9.57. The van der Waals surface area contributed by atoms with Gasteiger partial charge in [-0.15, -0.1) is 0 Å². The molecule has 0 bridgehead atoms. The van der Waals surface area contributed by atoms with Gasteiger partial charge in [0.05, 0.1) is 38.6 Å². The van der Waals surface area contributed by atoms with Crippen molar-refractivity contribution in [2.75, 3.05) is 39.8 Å². The molecule has 0 saturated carbocycles. The second-order valence-electron chi connectivity index (χ2n) is 5.74. The van der Waals surface area contributed by atoms with E-state index in [-0.39, 0.29) is 0 Å². The minimum Gasteiger partial charge on any atom is -0.495 e. The summed E-state index contributed by atoms with van der Waals surface area (Å²) in [4.78, 5) is 0. The van der Waals surface area contributed by atoms with Gasteiger partial charge < -0.3 is 29.6 Å². The van der Waals surface area contributed by atoms with Gasteiger partial charge in [0, 0.05) is 18.7 Å². The molecule has 28 heavy (non-hydrogen) atoms. The van der Waals surface area contributed by atoms with Gasteiger partial charge in [0.1, 0.15) is 11.5 Å². The van der Waals surface area contributed by atoms with Crippen LogP contribution in [0.15, 0.2) is 30.3 Å². The molecule has 152 valence electrons. The molecule has 2 N–H and O–H groups in total. The number of methoxy groups -OCH3 is 3. The van der Waals surface area contributed by atoms with Crippen molar-refractivity contribution in [2.24, 2.45) is 0 Å². The summed E-state index contributed by atoms with van der Waals surface area (Å²) in [6, 6.07) is 9.32. The number of thiocarbonyl (C=S) groups is 1. The maximum Gasteiger partial charge on any atom is 0.170 e. The van der Waals surface area contributed by atoms with Crippen molar-refractivity contribution in [1.29, 1.82) is 0 Å². The van der Waals surface area contributed by atoms with Crippen LogP contribution >= 0.6 is 23.8 Å². The number of anilines is 1. The van der Waals surface area contributed by atoms with Crippen molar-refractivity contribution in [2.45, 2.75) is 13.3 Å². The van der Waals surface area contributed by atoms with Crippen LogP contribution in [0, 0.1) is 0 Å². The molecule has 0 aliphatic rings. The van der Waals surface area contributed by atoms with E-state index < -0.39 is 0 Å². The van der Waals surface area contributed by atoms with Crippen LogP contribution in [-0.4, -0.2) is 39.6 Å². The van der Waals surface area contributed by atoms with Crippen LogP contribution < -0.4 is 29.6 Å². The summed E-state index contributed by atoms with van der Waals surface area (Å²) in [5, 5.41) is 7.23. The highest BCUT2D eigenvalue weighted by molar-refractivity contribution is 7.80. The molecule has 0 amide bonds. The Labute approximate surface area is 176 Å². The summed E-state index contributed by atoms with van der Waals surface area (Å²) in [5.74, 6) is 2.57. The zero-order valence-electron chi connectivity index (χ0n) is 16.4. The molecule has 6 nitrogen and oxygen atoms in total. The lowest BCUT2D eigenvalue weighted by molar-refractivity contribution is 0.310. The molecule has 0 aliphatic carbocycles. The lowest BCUT2D eigenvalue weighted by atomic mass is 10.1. The lowest BCUT2D eigenvalue weighted by Crippen LogP contribution is -2.30. The second kappa shape index (κ2) is 10.8. The topological polar surface area (TPSA) is 61.0 Å². The summed E-state index contributed by atoms with van der Waals surface area (Å²) < 4.78 is 21.5. The summed E-state index contributed by atoms with van der Waals surface area (Å²) >= 11 is 11.5. The number of ether oxygens (including phenoxy) is 4. The first-order chi connectivity index (χ1) is 13.5. The summed E-state index contributed by atoms with van der Waals surface area (Å²) in [6.45, 7) is 3.18. The fourth-order valence-electron chi connectivity index (χ4n) is 2.59. The normalized spacial score (nSPS) is 10.2. The predicted octanol–water partition coefficient (Wildman–Crippen LogP) is 4.29. The number of nitrogens with one attached hydrogen (secondary N) is 2. The van der Waals surface area contributed by atoms with Crippen molar-refractivity contribution in [3.8, 4) is 23.0 Å². The van der Waals surface area contributed by atoms with Gasteiger partial charge in [-0.3, -0.25) is 0 Å². The van der Waals surface area contributed by atoms with Gasteiger partial charge >= 0.3 is 0 Å². The van der Waals surface area contributed by atoms with E-state index in [0.29, 0.717) is 40.5 Å². The molecule has 0 fully saturated rings. The first kappa shape index (κ1) is 21.9. The summed E-state index contributed by atoms with van der Waals surface area (Å²) in [7, 11) is 4.75. The van der Waals surface area contributed by atoms with Gasteiger partial charge in [-0.25, -0.2) is 0 Å². The third kappa shape index (κ3) is 5.81. The first-order valence-electron chi connectivity index (χ1n) is 8.78. The Morgan fingerprint density at radius 1 is 0.964 bits per heavy atom. The van der Waals surface area contributed by atoms with Gasteiger partial charge in [0.15, 0.2) is 16.6 Å². The zero-order chi connectivity index (χ0) is 20.5. The monoisotopic (exact) mass is 424 g/mol. The molecule has 0 aromatic heterocycles. The van der Waals surface area contributed by atoms with Gasteiger partial charge in [0.25, 0.3) is 0 Å². The largest absolute Gasteiger partial charge is 0.495 e. The van der Waals surface area contributed by atoms with E-state index >= 15 is 0 Å². The minimum atomic E-state index is 0.466. The number of hydrogen-bond donors (Lipinski definition) is 2. The lowest BCUT2D eigenvalue weighted by Gasteiger charge is -2.15. The fourth-order valence-corrected chi connectivity index (χ4v) is 3.03. The Bertz CT molecular complexity index is 817. The van der Waals surface area contributed by atoms with Crippen LogP contribution in [0.5, 0.6) is 23.0 Å². The molecular formula is C20H25ClN2O4S. The van der Waals surface area contributed by atoms with E-state index in [2.05, 4.69) is 10.6 Å². The molecule has 2 aromatic carbocycles. The van der Waals surface area contributed by atoms with E-state index in [0.717, 1.165) is 23.5 Å². The molecule has 0 saturated heterocycles. The summed E-state index contributed by atoms with van der Waals surface area (Å²) in [6.07, 6.45) is 0.770. The number of halogens is 1. The molecular weight excluding hydrogens is 400 g/mol. The van der Waals surface area contributed by atoms with E-state index in [9.17, 15) is 0 Å². The Balaban J connectivity index is 1.95. The van der Waals surface area contributed by atoms with Gasteiger partial charge in [0.2, 0.25) is 0 Å². The van der Waals surface area contributed by atoms with E-state index in [1.54, 1.807) is 33.5 Å². The number of hydrogen-bond acceptors (Lipinski definition) is 5. The van der Waals surface area contributed by atoms with Crippen LogP contribution in [-0.2, 0) is 6.42 Å². The molecule has 8 heteroatoms. The van der Waals surface area contributed by atoms with Crippen LogP contribution in [0.4, 0.5) is 5.69 Å². The zero-order valence-corrected chi connectivity index (χ0v) is 18.0. The average molecular weight is 425 g/mol. The molecule has 0 aliphatic heterocycles. The van der Waals surface area contributed by atoms with Crippen molar-refractivity contribution in [3.05, 3.63) is 40.9 Å². The smallest absolute Gasteiger partial charge is 0.170 e. The van der Waals surface area contributed by atoms with Crippen LogP contribution in [0.2, 0.25) is 5.02 Å². The quantitative estimate of drug-likeness (QED) is 0.582. The van der Waals surface area contributed by atoms with E-state index in [4.69, 9.17) is 42.8 Å². The van der Waals surface area contributed by atoms with Crippen LogP contribution in [0.25, 0.3) is 0 Å². The Morgan fingerprint density at radius 3 is 2.32 bits per heavy atom. The van der Waals surface area contributed by atoms with Crippen molar-refractivity contribution in [3.63, 3.8) is 0 Å². The van der Waals surface area contributed by atoms with Gasteiger partial charge in [-0.05, 0) is 43.3 Å². The second-order valence-corrected chi connectivity index (χ2v) is 6.55. The molecule has 2 aromatic rings. The maximum absolute atomic E-state index is 6.12. The third-order valence-electron chi connectivity index (χ3n) is 3.95.